The van der Waals surface area contributed by atoms with Gasteiger partial charge >= 0.3 is 6.18 Å². The summed E-state index contributed by atoms with van der Waals surface area (Å²) in [5.41, 5.74) is 0.156. The fourth-order valence-electron chi connectivity index (χ4n) is 3.22. The van der Waals surface area contributed by atoms with Gasteiger partial charge in [-0.3, -0.25) is 0 Å². The number of ether oxygens (including phenoxy) is 1. The van der Waals surface area contributed by atoms with Gasteiger partial charge in [-0.2, -0.15) is 18.2 Å². The first-order valence-corrected chi connectivity index (χ1v) is 9.25. The van der Waals surface area contributed by atoms with Gasteiger partial charge in [0.2, 0.25) is 5.95 Å². The van der Waals surface area contributed by atoms with Gasteiger partial charge in [-0.1, -0.05) is 23.7 Å². The molecule has 152 valence electrons. The van der Waals surface area contributed by atoms with Crippen LogP contribution in [0, 0.1) is 0 Å². The van der Waals surface area contributed by atoms with Crippen LogP contribution < -0.4 is 15.0 Å². The zero-order valence-electron chi connectivity index (χ0n) is 15.6. The number of hydrogen-bond donors (Lipinski definition) is 1. The van der Waals surface area contributed by atoms with Gasteiger partial charge in [0.1, 0.15) is 23.3 Å². The maximum absolute atomic E-state index is 13.6. The number of anilines is 2. The average Bonchev–Trinajstić information content (AvgIpc) is 2.68. The molecule has 3 heterocycles. The third kappa shape index (κ3) is 3.74. The minimum atomic E-state index is -4.53. The second-order valence-corrected chi connectivity index (χ2v) is 7.14. The van der Waals surface area contributed by atoms with Gasteiger partial charge in [0.05, 0.1) is 29.9 Å². The van der Waals surface area contributed by atoms with E-state index in [4.69, 9.17) is 16.3 Å². The minimum Gasteiger partial charge on any atom is -0.491 e. The second-order valence-electron chi connectivity index (χ2n) is 6.75. The van der Waals surface area contributed by atoms with Crippen molar-refractivity contribution in [2.45, 2.75) is 19.1 Å². The van der Waals surface area contributed by atoms with Crippen LogP contribution in [0.2, 0.25) is 5.15 Å². The van der Waals surface area contributed by atoms with E-state index in [9.17, 15) is 13.2 Å². The van der Waals surface area contributed by atoms with Crippen LogP contribution in [0.5, 0.6) is 5.75 Å². The van der Waals surface area contributed by atoms with E-state index in [-0.39, 0.29) is 17.5 Å². The number of aromatic nitrogens is 3. The van der Waals surface area contributed by atoms with E-state index in [0.29, 0.717) is 34.8 Å². The quantitative estimate of drug-likeness (QED) is 0.529. The number of halogens is 4. The molecule has 4 rings (SSSR count). The lowest BCUT2D eigenvalue weighted by molar-refractivity contribution is -0.139. The summed E-state index contributed by atoms with van der Waals surface area (Å²) < 4.78 is 46.3. The first kappa shape index (κ1) is 19.5. The van der Waals surface area contributed by atoms with E-state index in [1.54, 1.807) is 37.2 Å². The summed E-state index contributed by atoms with van der Waals surface area (Å²) in [6.07, 6.45) is -2.99. The Hall–Kier alpha value is -2.81. The molecule has 0 spiro atoms. The zero-order valence-corrected chi connectivity index (χ0v) is 16.3. The predicted molar refractivity (Wildman–Crippen MR) is 105 cm³/mol. The number of nitrogens with one attached hydrogen (secondary N) is 1. The molecule has 2 aromatic heterocycles. The molecular formula is C19H17ClF3N5O. The van der Waals surface area contributed by atoms with Crippen molar-refractivity contribution in [1.82, 2.24) is 15.0 Å². The number of nitrogens with zero attached hydrogens (tertiary/aromatic N) is 4. The van der Waals surface area contributed by atoms with Crippen LogP contribution in [0.4, 0.5) is 24.9 Å². The SMILES string of the molecule is C[C@H]1Nc2nc(nc3cnc(Cl)cc23)N(C)CCOc2c1cccc2C(F)(F)F. The molecule has 29 heavy (non-hydrogen) atoms. The maximum atomic E-state index is 13.6. The zero-order chi connectivity index (χ0) is 20.8. The monoisotopic (exact) mass is 423 g/mol. The third-order valence-electron chi connectivity index (χ3n) is 4.72. The molecule has 1 aromatic carbocycles. The van der Waals surface area contributed by atoms with Gasteiger partial charge < -0.3 is 15.0 Å². The highest BCUT2D eigenvalue weighted by Gasteiger charge is 2.36. The van der Waals surface area contributed by atoms with E-state index in [1.807, 2.05) is 0 Å². The van der Waals surface area contributed by atoms with Crippen molar-refractivity contribution in [2.24, 2.45) is 0 Å². The highest BCUT2D eigenvalue weighted by molar-refractivity contribution is 6.30. The van der Waals surface area contributed by atoms with Crippen molar-refractivity contribution >= 4 is 34.3 Å². The predicted octanol–water partition coefficient (Wildman–Crippen LogP) is 4.70. The topological polar surface area (TPSA) is 63.2 Å². The molecule has 1 N–H and O–H groups in total. The molecule has 3 aromatic rings. The lowest BCUT2D eigenvalue weighted by atomic mass is 10.0. The van der Waals surface area contributed by atoms with Crippen LogP contribution in [0.25, 0.3) is 10.9 Å². The van der Waals surface area contributed by atoms with Crippen molar-refractivity contribution in [3.63, 3.8) is 0 Å². The van der Waals surface area contributed by atoms with E-state index in [2.05, 4.69) is 20.3 Å². The van der Waals surface area contributed by atoms with Crippen molar-refractivity contribution in [2.75, 3.05) is 30.4 Å². The van der Waals surface area contributed by atoms with Crippen LogP contribution in [-0.4, -0.2) is 35.2 Å². The van der Waals surface area contributed by atoms with Crippen molar-refractivity contribution in [1.29, 1.82) is 0 Å². The number of rotatable bonds is 0. The number of hydrogen-bond acceptors (Lipinski definition) is 6. The highest BCUT2D eigenvalue weighted by Crippen LogP contribution is 2.41. The average molecular weight is 424 g/mol. The van der Waals surface area contributed by atoms with Gasteiger partial charge in [0.15, 0.2) is 0 Å². The lowest BCUT2D eigenvalue weighted by Gasteiger charge is -2.22. The Kier molecular flexibility index (Phi) is 4.85. The fraction of sp³-hybridized carbons (Fsp3) is 0.316. The minimum absolute atomic E-state index is 0.0406. The van der Waals surface area contributed by atoms with Gasteiger partial charge in [0, 0.05) is 18.0 Å². The Bertz CT molecular complexity index is 1080. The number of alkyl halides is 3. The number of fused-ring (bicyclic) bond motifs is 5. The van der Waals surface area contributed by atoms with Gasteiger partial charge in [-0.05, 0) is 19.1 Å². The Labute approximate surface area is 169 Å². The molecule has 0 unspecified atom stereocenters. The van der Waals surface area contributed by atoms with Crippen molar-refractivity contribution in [3.8, 4) is 5.75 Å². The van der Waals surface area contributed by atoms with E-state index in [1.165, 1.54) is 6.07 Å². The standard InChI is InChI=1S/C19H17ClF3N5O/c1-10-11-4-3-5-13(19(21,22)23)16(11)29-7-6-28(2)18-26-14-9-24-15(20)8-12(14)17(25-10)27-18/h3-5,8-10H,6-7H2,1-2H3,(H,25,26,27)/t10-/m1/s1. The number of benzene rings is 1. The summed E-state index contributed by atoms with van der Waals surface area (Å²) in [5.74, 6) is 0.682. The molecule has 0 amide bonds. The van der Waals surface area contributed by atoms with Crippen LogP contribution in [0.3, 0.4) is 0 Å². The summed E-state index contributed by atoms with van der Waals surface area (Å²) in [5, 5.41) is 4.09. The van der Waals surface area contributed by atoms with Crippen LogP contribution in [0.1, 0.15) is 24.1 Å². The fourth-order valence-corrected chi connectivity index (χ4v) is 3.38. The van der Waals surface area contributed by atoms with Gasteiger partial charge in [-0.15, -0.1) is 0 Å². The van der Waals surface area contributed by atoms with Gasteiger partial charge in [0.25, 0.3) is 0 Å². The summed E-state index contributed by atoms with van der Waals surface area (Å²) in [6, 6.07) is 5.12. The van der Waals surface area contributed by atoms with E-state index >= 15 is 0 Å². The largest absolute Gasteiger partial charge is 0.491 e. The molecule has 0 radical (unpaired) electrons. The summed E-state index contributed by atoms with van der Waals surface area (Å²) >= 11 is 6.03. The van der Waals surface area contributed by atoms with E-state index < -0.39 is 17.8 Å². The van der Waals surface area contributed by atoms with Crippen molar-refractivity contribution in [3.05, 3.63) is 46.7 Å². The summed E-state index contributed by atoms with van der Waals surface area (Å²) in [4.78, 5) is 14.8. The summed E-state index contributed by atoms with van der Waals surface area (Å²) in [6.45, 7) is 2.09. The Morgan fingerprint density at radius 2 is 2.07 bits per heavy atom. The molecule has 1 atom stereocenters. The Morgan fingerprint density at radius 1 is 1.28 bits per heavy atom. The van der Waals surface area contributed by atoms with Gasteiger partial charge in [-0.25, -0.2) is 9.97 Å². The normalized spacial score (nSPS) is 17.2. The van der Waals surface area contributed by atoms with Crippen LogP contribution >= 0.6 is 11.6 Å². The first-order valence-electron chi connectivity index (χ1n) is 8.88. The highest BCUT2D eigenvalue weighted by atomic mass is 35.5. The van der Waals surface area contributed by atoms with Crippen LogP contribution in [0.15, 0.2) is 30.5 Å². The molecule has 0 aliphatic carbocycles. The molecule has 0 saturated heterocycles. The Morgan fingerprint density at radius 3 is 2.83 bits per heavy atom. The number of pyridine rings is 1. The molecule has 10 heteroatoms. The summed E-state index contributed by atoms with van der Waals surface area (Å²) in [7, 11) is 1.75. The van der Waals surface area contributed by atoms with Crippen LogP contribution in [-0.2, 0) is 6.18 Å². The lowest BCUT2D eigenvalue weighted by Crippen LogP contribution is -2.26. The Balaban J connectivity index is 1.89. The molecule has 0 saturated carbocycles. The molecule has 1 aliphatic rings. The second kappa shape index (κ2) is 7.22. The van der Waals surface area contributed by atoms with E-state index in [0.717, 1.165) is 6.07 Å². The number of para-hydroxylation sites is 1. The molecule has 6 nitrogen and oxygen atoms in total. The maximum Gasteiger partial charge on any atom is 0.419 e. The molecule has 1 aliphatic heterocycles. The molecule has 2 bridgehead atoms. The molecule has 0 fully saturated rings. The molecular weight excluding hydrogens is 407 g/mol. The van der Waals surface area contributed by atoms with Crippen molar-refractivity contribution < 1.29 is 17.9 Å². The first-order chi connectivity index (χ1) is 13.7. The third-order valence-corrected chi connectivity index (χ3v) is 4.93. The number of likely N-dealkylation sites (N-methyl/N-ethyl adjacent to an activating group) is 1. The smallest absolute Gasteiger partial charge is 0.419 e.